The van der Waals surface area contributed by atoms with E-state index in [4.69, 9.17) is 11.6 Å². The van der Waals surface area contributed by atoms with Crippen molar-refractivity contribution in [2.75, 3.05) is 13.1 Å². The number of nitrogens with one attached hydrogen (secondary N) is 1. The fourth-order valence-corrected chi connectivity index (χ4v) is 4.42. The van der Waals surface area contributed by atoms with Crippen LogP contribution in [0.25, 0.3) is 0 Å². The molecule has 0 bridgehead atoms. The third-order valence-electron chi connectivity index (χ3n) is 4.21. The Balaban J connectivity index is 2.30. The Bertz CT molecular complexity index is 666. The lowest BCUT2D eigenvalue weighted by molar-refractivity contribution is 0.0935. The van der Waals surface area contributed by atoms with Gasteiger partial charge in [-0.25, -0.2) is 8.42 Å². The average molecular weight is 359 g/mol. The molecule has 1 aliphatic heterocycles. The Morgan fingerprint density at radius 3 is 2.43 bits per heavy atom. The molecule has 23 heavy (non-hydrogen) atoms. The van der Waals surface area contributed by atoms with E-state index in [1.54, 1.807) is 0 Å². The summed E-state index contributed by atoms with van der Waals surface area (Å²) in [6.07, 6.45) is 3.36. The molecule has 1 aromatic rings. The minimum Gasteiger partial charge on any atom is -0.349 e. The van der Waals surface area contributed by atoms with Gasteiger partial charge in [-0.05, 0) is 43.9 Å². The highest BCUT2D eigenvalue weighted by molar-refractivity contribution is 7.89. The van der Waals surface area contributed by atoms with Crippen molar-refractivity contribution in [2.45, 2.75) is 50.5 Å². The molecule has 0 saturated carbocycles. The Kier molecular flexibility index (Phi) is 6.06. The van der Waals surface area contributed by atoms with Crippen molar-refractivity contribution in [1.82, 2.24) is 9.62 Å². The number of carbonyl (C=O) groups is 1. The third kappa shape index (κ3) is 4.05. The highest BCUT2D eigenvalue weighted by Gasteiger charge is 2.28. The van der Waals surface area contributed by atoms with Gasteiger partial charge >= 0.3 is 0 Å². The lowest BCUT2D eigenvalue weighted by Gasteiger charge is -2.18. The molecule has 1 heterocycles. The number of hydrogen-bond acceptors (Lipinski definition) is 3. The Morgan fingerprint density at radius 2 is 1.87 bits per heavy atom. The first-order valence-electron chi connectivity index (χ1n) is 8.00. The van der Waals surface area contributed by atoms with Crippen molar-refractivity contribution in [1.29, 1.82) is 0 Å². The van der Waals surface area contributed by atoms with Crippen LogP contribution < -0.4 is 5.32 Å². The number of hydrogen-bond donors (Lipinski definition) is 1. The molecule has 0 spiro atoms. The SMILES string of the molecule is CCC(CC)NC(=O)c1cc(S(=O)(=O)N2CCCC2)ccc1Cl. The van der Waals surface area contributed by atoms with Gasteiger partial charge in [-0.1, -0.05) is 25.4 Å². The topological polar surface area (TPSA) is 66.5 Å². The monoisotopic (exact) mass is 358 g/mol. The molecule has 5 nitrogen and oxygen atoms in total. The number of rotatable bonds is 6. The van der Waals surface area contributed by atoms with Crippen LogP contribution in [0.5, 0.6) is 0 Å². The second-order valence-corrected chi connectivity index (χ2v) is 8.08. The third-order valence-corrected chi connectivity index (χ3v) is 6.43. The highest BCUT2D eigenvalue weighted by Crippen LogP contribution is 2.25. The van der Waals surface area contributed by atoms with Crippen molar-refractivity contribution >= 4 is 27.5 Å². The van der Waals surface area contributed by atoms with E-state index in [1.807, 2.05) is 13.8 Å². The van der Waals surface area contributed by atoms with Crippen LogP contribution in [0.1, 0.15) is 49.9 Å². The number of amides is 1. The maximum absolute atomic E-state index is 12.6. The molecule has 0 aliphatic carbocycles. The van der Waals surface area contributed by atoms with E-state index in [-0.39, 0.29) is 27.4 Å². The smallest absolute Gasteiger partial charge is 0.253 e. The molecule has 1 aromatic carbocycles. The van der Waals surface area contributed by atoms with E-state index < -0.39 is 10.0 Å². The molecule has 1 N–H and O–H groups in total. The number of benzene rings is 1. The van der Waals surface area contributed by atoms with Gasteiger partial charge in [0.2, 0.25) is 10.0 Å². The summed E-state index contributed by atoms with van der Waals surface area (Å²) in [6, 6.07) is 4.38. The summed E-state index contributed by atoms with van der Waals surface area (Å²) in [7, 11) is -3.56. The zero-order chi connectivity index (χ0) is 17.0. The van der Waals surface area contributed by atoms with Gasteiger partial charge in [-0.2, -0.15) is 4.31 Å². The van der Waals surface area contributed by atoms with E-state index in [0.29, 0.717) is 13.1 Å². The molecular weight excluding hydrogens is 336 g/mol. The van der Waals surface area contributed by atoms with Gasteiger partial charge in [0, 0.05) is 19.1 Å². The maximum atomic E-state index is 12.6. The average Bonchev–Trinajstić information content (AvgIpc) is 3.07. The molecule has 0 atom stereocenters. The lowest BCUT2D eigenvalue weighted by atomic mass is 10.1. The van der Waals surface area contributed by atoms with Crippen molar-refractivity contribution in [3.05, 3.63) is 28.8 Å². The van der Waals surface area contributed by atoms with Gasteiger partial charge in [-0.3, -0.25) is 4.79 Å². The normalized spacial score (nSPS) is 16.0. The second kappa shape index (κ2) is 7.64. The summed E-state index contributed by atoms with van der Waals surface area (Å²) < 4.78 is 26.7. The van der Waals surface area contributed by atoms with E-state index in [2.05, 4.69) is 5.32 Å². The molecule has 0 aromatic heterocycles. The molecular formula is C16H23ClN2O3S. The number of carbonyl (C=O) groups excluding carboxylic acids is 1. The lowest BCUT2D eigenvalue weighted by Crippen LogP contribution is -2.34. The van der Waals surface area contributed by atoms with Gasteiger partial charge in [0.15, 0.2) is 0 Å². The zero-order valence-electron chi connectivity index (χ0n) is 13.5. The molecule has 1 amide bonds. The van der Waals surface area contributed by atoms with Crippen molar-refractivity contribution in [2.24, 2.45) is 0 Å². The first kappa shape index (κ1) is 18.2. The number of halogens is 1. The summed E-state index contributed by atoms with van der Waals surface area (Å²) in [6.45, 7) is 5.04. The predicted molar refractivity (Wildman–Crippen MR) is 91.3 cm³/mol. The van der Waals surface area contributed by atoms with Crippen molar-refractivity contribution in [3.63, 3.8) is 0 Å². The van der Waals surface area contributed by atoms with E-state index in [0.717, 1.165) is 25.7 Å². The number of sulfonamides is 1. The van der Waals surface area contributed by atoms with Crippen LogP contribution >= 0.6 is 11.6 Å². The first-order valence-corrected chi connectivity index (χ1v) is 9.82. The summed E-state index contributed by atoms with van der Waals surface area (Å²) in [5.41, 5.74) is 0.207. The van der Waals surface area contributed by atoms with Crippen molar-refractivity contribution < 1.29 is 13.2 Å². The summed E-state index contributed by atoms with van der Waals surface area (Å²) >= 11 is 6.10. The minimum atomic E-state index is -3.56. The van der Waals surface area contributed by atoms with Crippen LogP contribution in [0.4, 0.5) is 0 Å². The fraction of sp³-hybridized carbons (Fsp3) is 0.562. The fourth-order valence-electron chi connectivity index (χ4n) is 2.67. The summed E-state index contributed by atoms with van der Waals surface area (Å²) in [4.78, 5) is 12.5. The minimum absolute atomic E-state index is 0.0532. The molecule has 7 heteroatoms. The molecule has 0 unspecified atom stereocenters. The molecule has 1 fully saturated rings. The van der Waals surface area contributed by atoms with Gasteiger partial charge in [0.05, 0.1) is 15.5 Å². The quantitative estimate of drug-likeness (QED) is 0.849. The molecule has 128 valence electrons. The van der Waals surface area contributed by atoms with E-state index in [1.165, 1.54) is 22.5 Å². The Hall–Kier alpha value is -1.11. The predicted octanol–water partition coefficient (Wildman–Crippen LogP) is 3.04. The van der Waals surface area contributed by atoms with Crippen LogP contribution in [-0.4, -0.2) is 37.8 Å². The first-order chi connectivity index (χ1) is 10.9. The van der Waals surface area contributed by atoms with E-state index >= 15 is 0 Å². The zero-order valence-corrected chi connectivity index (χ0v) is 15.1. The molecule has 1 saturated heterocycles. The van der Waals surface area contributed by atoms with Crippen LogP contribution in [0, 0.1) is 0 Å². The largest absolute Gasteiger partial charge is 0.349 e. The van der Waals surface area contributed by atoms with Gasteiger partial charge in [0.1, 0.15) is 0 Å². The van der Waals surface area contributed by atoms with E-state index in [9.17, 15) is 13.2 Å². The second-order valence-electron chi connectivity index (χ2n) is 5.74. The van der Waals surface area contributed by atoms with Gasteiger partial charge in [-0.15, -0.1) is 0 Å². The van der Waals surface area contributed by atoms with Crippen molar-refractivity contribution in [3.8, 4) is 0 Å². The highest BCUT2D eigenvalue weighted by atomic mass is 35.5. The van der Waals surface area contributed by atoms with Crippen LogP contribution in [-0.2, 0) is 10.0 Å². The Labute approximate surface area is 143 Å². The van der Waals surface area contributed by atoms with Gasteiger partial charge < -0.3 is 5.32 Å². The van der Waals surface area contributed by atoms with Gasteiger partial charge in [0.25, 0.3) is 5.91 Å². The van der Waals surface area contributed by atoms with Crippen LogP contribution in [0.3, 0.4) is 0 Å². The molecule has 1 aliphatic rings. The van der Waals surface area contributed by atoms with Crippen LogP contribution in [0.2, 0.25) is 5.02 Å². The molecule has 0 radical (unpaired) electrons. The molecule has 2 rings (SSSR count). The van der Waals surface area contributed by atoms with Crippen LogP contribution in [0.15, 0.2) is 23.1 Å². The maximum Gasteiger partial charge on any atom is 0.253 e. The summed E-state index contributed by atoms with van der Waals surface area (Å²) in [5, 5.41) is 3.15. The summed E-state index contributed by atoms with van der Waals surface area (Å²) in [5.74, 6) is -0.331. The number of nitrogens with zero attached hydrogens (tertiary/aromatic N) is 1. The Morgan fingerprint density at radius 1 is 1.26 bits per heavy atom. The standard InChI is InChI=1S/C16H23ClN2O3S/c1-3-12(4-2)18-16(20)14-11-13(7-8-15(14)17)23(21,22)19-9-5-6-10-19/h7-8,11-12H,3-6,9-10H2,1-2H3,(H,18,20).